The van der Waals surface area contributed by atoms with Crippen molar-refractivity contribution in [3.63, 3.8) is 0 Å². The molecule has 78 valence electrons. The van der Waals surface area contributed by atoms with Crippen LogP contribution in [0.1, 0.15) is 25.8 Å². The molecule has 1 aromatic rings. The van der Waals surface area contributed by atoms with E-state index in [0.29, 0.717) is 6.42 Å². The molecule has 0 atom stereocenters. The number of phenols is 1. The first-order valence-corrected chi connectivity index (χ1v) is 5.37. The van der Waals surface area contributed by atoms with Crippen molar-refractivity contribution in [3.05, 3.63) is 28.2 Å². The van der Waals surface area contributed by atoms with Gasteiger partial charge in [0.15, 0.2) is 0 Å². The molecule has 2 N–H and O–H groups in total. The number of aromatic hydroxyl groups is 1. The lowest BCUT2D eigenvalue weighted by atomic mass is 9.99. The molecule has 0 aliphatic carbocycles. The van der Waals surface area contributed by atoms with Crippen LogP contribution in [0.3, 0.4) is 0 Å². The first-order chi connectivity index (χ1) is 6.38. The van der Waals surface area contributed by atoms with Crippen molar-refractivity contribution in [2.75, 3.05) is 0 Å². The number of aryl methyl sites for hydroxylation is 1. The van der Waals surface area contributed by atoms with Crippen molar-refractivity contribution in [2.45, 2.75) is 32.3 Å². The smallest absolute Gasteiger partial charge is 0.115 e. The molecule has 0 saturated carbocycles. The van der Waals surface area contributed by atoms with Crippen LogP contribution in [0.2, 0.25) is 0 Å². The number of aliphatic hydroxyl groups is 1. The monoisotopic (exact) mass is 258 g/mol. The third-order valence-corrected chi connectivity index (χ3v) is 2.81. The second-order valence-corrected chi connectivity index (χ2v) is 4.94. The molecule has 0 amide bonds. The summed E-state index contributed by atoms with van der Waals surface area (Å²) in [7, 11) is 0. The van der Waals surface area contributed by atoms with E-state index in [1.807, 2.05) is 6.07 Å². The van der Waals surface area contributed by atoms with Crippen LogP contribution >= 0.6 is 15.9 Å². The first-order valence-electron chi connectivity index (χ1n) is 4.58. The number of halogens is 1. The molecule has 0 unspecified atom stereocenters. The van der Waals surface area contributed by atoms with Crippen LogP contribution in [-0.2, 0) is 6.42 Å². The Morgan fingerprint density at radius 3 is 2.57 bits per heavy atom. The minimum atomic E-state index is -0.662. The Morgan fingerprint density at radius 2 is 2.00 bits per heavy atom. The van der Waals surface area contributed by atoms with E-state index in [1.54, 1.807) is 26.0 Å². The van der Waals surface area contributed by atoms with Crippen molar-refractivity contribution < 1.29 is 10.2 Å². The fourth-order valence-corrected chi connectivity index (χ4v) is 1.64. The Balaban J connectivity index is 2.72. The first kappa shape index (κ1) is 11.5. The molecule has 0 radical (unpaired) electrons. The highest BCUT2D eigenvalue weighted by Gasteiger charge is 2.13. The summed E-state index contributed by atoms with van der Waals surface area (Å²) in [5, 5.41) is 18.8. The van der Waals surface area contributed by atoms with E-state index in [1.165, 1.54) is 0 Å². The number of hydrogen-bond acceptors (Lipinski definition) is 2. The van der Waals surface area contributed by atoms with E-state index in [0.717, 1.165) is 16.5 Å². The van der Waals surface area contributed by atoms with E-state index in [4.69, 9.17) is 0 Å². The molecular formula is C11H15BrO2. The van der Waals surface area contributed by atoms with E-state index in [2.05, 4.69) is 15.9 Å². The molecule has 1 aromatic carbocycles. The van der Waals surface area contributed by atoms with E-state index >= 15 is 0 Å². The zero-order chi connectivity index (χ0) is 10.8. The summed E-state index contributed by atoms with van der Waals surface area (Å²) in [6.07, 6.45) is 1.42. The molecule has 0 aromatic heterocycles. The van der Waals surface area contributed by atoms with Gasteiger partial charge in [0, 0.05) is 4.47 Å². The maximum atomic E-state index is 9.56. The molecule has 3 heteroatoms. The van der Waals surface area contributed by atoms with Gasteiger partial charge in [-0.1, -0.05) is 15.9 Å². The second kappa shape index (κ2) is 4.32. The van der Waals surface area contributed by atoms with E-state index in [-0.39, 0.29) is 5.75 Å². The fraction of sp³-hybridized carbons (Fsp3) is 0.455. The van der Waals surface area contributed by atoms with Gasteiger partial charge in [0.25, 0.3) is 0 Å². The molecule has 0 spiro atoms. The zero-order valence-electron chi connectivity index (χ0n) is 8.42. The molecule has 0 aliphatic heterocycles. The fourth-order valence-electron chi connectivity index (χ4n) is 1.19. The number of hydrogen-bond donors (Lipinski definition) is 2. The van der Waals surface area contributed by atoms with Gasteiger partial charge in [0.1, 0.15) is 5.75 Å². The van der Waals surface area contributed by atoms with Crippen LogP contribution < -0.4 is 0 Å². The molecule has 2 nitrogen and oxygen atoms in total. The molecule has 0 aliphatic rings. The summed E-state index contributed by atoms with van der Waals surface area (Å²) in [5.41, 5.74) is 0.359. The molecular weight excluding hydrogens is 244 g/mol. The quantitative estimate of drug-likeness (QED) is 0.876. The van der Waals surface area contributed by atoms with Crippen LogP contribution in [0.4, 0.5) is 0 Å². The van der Waals surface area contributed by atoms with Gasteiger partial charge in [0.2, 0.25) is 0 Å². The lowest BCUT2D eigenvalue weighted by Crippen LogP contribution is -2.19. The predicted molar refractivity (Wildman–Crippen MR) is 60.4 cm³/mol. The maximum Gasteiger partial charge on any atom is 0.115 e. The highest BCUT2D eigenvalue weighted by Crippen LogP contribution is 2.24. The van der Waals surface area contributed by atoms with Crippen molar-refractivity contribution in [1.82, 2.24) is 0 Å². The van der Waals surface area contributed by atoms with Crippen LogP contribution in [0.25, 0.3) is 0 Å². The summed E-state index contributed by atoms with van der Waals surface area (Å²) < 4.78 is 0.972. The third-order valence-electron chi connectivity index (χ3n) is 2.04. The van der Waals surface area contributed by atoms with Crippen molar-refractivity contribution in [3.8, 4) is 5.75 Å². The summed E-state index contributed by atoms with van der Waals surface area (Å²) in [5.74, 6) is 0.263. The summed E-state index contributed by atoms with van der Waals surface area (Å²) in [6, 6.07) is 5.17. The lowest BCUT2D eigenvalue weighted by Gasteiger charge is -2.17. The molecule has 0 saturated heterocycles. The van der Waals surface area contributed by atoms with Crippen LogP contribution in [0, 0.1) is 0 Å². The van der Waals surface area contributed by atoms with Gasteiger partial charge in [0.05, 0.1) is 5.60 Å². The summed E-state index contributed by atoms with van der Waals surface area (Å²) in [4.78, 5) is 0. The van der Waals surface area contributed by atoms with Gasteiger partial charge in [-0.2, -0.15) is 0 Å². The number of rotatable bonds is 3. The normalized spacial score (nSPS) is 11.7. The Labute approximate surface area is 92.7 Å². The van der Waals surface area contributed by atoms with Gasteiger partial charge in [-0.25, -0.2) is 0 Å². The minimum Gasteiger partial charge on any atom is -0.508 e. The molecule has 14 heavy (non-hydrogen) atoms. The van der Waals surface area contributed by atoms with Crippen LogP contribution in [0.15, 0.2) is 22.7 Å². The molecule has 0 heterocycles. The maximum absolute atomic E-state index is 9.56. The highest BCUT2D eigenvalue weighted by molar-refractivity contribution is 9.10. The SMILES string of the molecule is CC(C)(O)CCc1cc(O)ccc1Br. The Hall–Kier alpha value is -0.540. The van der Waals surface area contributed by atoms with Crippen LogP contribution in [0.5, 0.6) is 5.75 Å². The van der Waals surface area contributed by atoms with Gasteiger partial charge in [-0.05, 0) is 50.5 Å². The Morgan fingerprint density at radius 1 is 1.36 bits per heavy atom. The van der Waals surface area contributed by atoms with Crippen LogP contribution in [-0.4, -0.2) is 15.8 Å². The topological polar surface area (TPSA) is 40.5 Å². The zero-order valence-corrected chi connectivity index (χ0v) is 10.0. The minimum absolute atomic E-state index is 0.263. The van der Waals surface area contributed by atoms with Crippen molar-refractivity contribution in [2.24, 2.45) is 0 Å². The number of benzene rings is 1. The standard InChI is InChI=1S/C11H15BrO2/c1-11(2,14)6-5-8-7-9(13)3-4-10(8)12/h3-4,7,13-14H,5-6H2,1-2H3. The van der Waals surface area contributed by atoms with Crippen molar-refractivity contribution in [1.29, 1.82) is 0 Å². The Kier molecular flexibility index (Phi) is 3.56. The molecule has 0 bridgehead atoms. The average molecular weight is 259 g/mol. The van der Waals surface area contributed by atoms with Gasteiger partial charge in [-0.3, -0.25) is 0 Å². The summed E-state index contributed by atoms with van der Waals surface area (Å²) in [6.45, 7) is 3.56. The van der Waals surface area contributed by atoms with Gasteiger partial charge >= 0.3 is 0 Å². The average Bonchev–Trinajstić information content (AvgIpc) is 2.05. The van der Waals surface area contributed by atoms with E-state index < -0.39 is 5.60 Å². The van der Waals surface area contributed by atoms with Gasteiger partial charge < -0.3 is 10.2 Å². The third kappa shape index (κ3) is 3.68. The highest BCUT2D eigenvalue weighted by atomic mass is 79.9. The number of phenolic OH excluding ortho intramolecular Hbond substituents is 1. The lowest BCUT2D eigenvalue weighted by molar-refractivity contribution is 0.0713. The largest absolute Gasteiger partial charge is 0.508 e. The Bertz CT molecular complexity index is 316. The van der Waals surface area contributed by atoms with Crippen molar-refractivity contribution >= 4 is 15.9 Å². The summed E-state index contributed by atoms with van der Waals surface area (Å²) >= 11 is 3.41. The molecule has 1 rings (SSSR count). The second-order valence-electron chi connectivity index (χ2n) is 4.09. The molecule has 0 fully saturated rings. The van der Waals surface area contributed by atoms with Gasteiger partial charge in [-0.15, -0.1) is 0 Å². The predicted octanol–water partition coefficient (Wildman–Crippen LogP) is 2.86. The van der Waals surface area contributed by atoms with E-state index in [9.17, 15) is 10.2 Å².